The number of aromatic hydroxyl groups is 1. The van der Waals surface area contributed by atoms with Crippen molar-refractivity contribution in [2.24, 2.45) is 0 Å². The molecule has 0 unspecified atom stereocenters. The molecule has 2 N–H and O–H groups in total. The third kappa shape index (κ3) is 3.49. The molecule has 2 heterocycles. The normalized spacial score (nSPS) is 11.5. The van der Waals surface area contributed by atoms with Gasteiger partial charge in [-0.3, -0.25) is 4.79 Å². The molecule has 26 heavy (non-hydrogen) atoms. The number of nitrogens with one attached hydrogen (secondary N) is 1. The lowest BCUT2D eigenvalue weighted by Crippen LogP contribution is -2.14. The molecule has 0 atom stereocenters. The monoisotopic (exact) mass is 392 g/mol. The van der Waals surface area contributed by atoms with E-state index in [-0.39, 0.29) is 27.8 Å². The molecule has 1 aromatic carbocycles. The van der Waals surface area contributed by atoms with Gasteiger partial charge in [-0.05, 0) is 37.3 Å². The van der Waals surface area contributed by atoms with E-state index in [4.69, 9.17) is 4.42 Å². The van der Waals surface area contributed by atoms with Gasteiger partial charge in [-0.2, -0.15) is 0 Å². The molecule has 3 rings (SSSR count). The van der Waals surface area contributed by atoms with Crippen LogP contribution in [0.25, 0.3) is 10.8 Å². The van der Waals surface area contributed by atoms with Crippen LogP contribution in [0.15, 0.2) is 45.9 Å². The standard InChI is InChI=1S/C17H16N2O5S2/c1-3-26(22,23)11-6-7-13(20)12(9-11)18-16(21)15-10(2)25-17(19-15)14-5-4-8-24-14/h4-9,20H,3H2,1-2H3,(H,18,21). The number of anilines is 1. The first-order chi connectivity index (χ1) is 12.3. The number of carbonyl (C=O) groups excluding carboxylic acids is 1. The molecule has 3 aromatic rings. The third-order valence-corrected chi connectivity index (χ3v) is 6.42. The van der Waals surface area contributed by atoms with Crippen LogP contribution in [0.2, 0.25) is 0 Å². The number of phenolic OH excluding ortho intramolecular Hbond substituents is 1. The van der Waals surface area contributed by atoms with Crippen molar-refractivity contribution in [1.82, 2.24) is 4.98 Å². The summed E-state index contributed by atoms with van der Waals surface area (Å²) in [6, 6.07) is 7.24. The van der Waals surface area contributed by atoms with Crippen molar-refractivity contribution in [3.05, 3.63) is 47.2 Å². The zero-order valence-electron chi connectivity index (χ0n) is 14.0. The van der Waals surface area contributed by atoms with E-state index in [2.05, 4.69) is 10.3 Å². The summed E-state index contributed by atoms with van der Waals surface area (Å²) in [5.74, 6) is -0.301. The second-order valence-corrected chi connectivity index (χ2v) is 8.92. The zero-order chi connectivity index (χ0) is 18.9. The number of rotatable bonds is 5. The number of benzene rings is 1. The van der Waals surface area contributed by atoms with Gasteiger partial charge in [-0.1, -0.05) is 6.92 Å². The summed E-state index contributed by atoms with van der Waals surface area (Å²) in [7, 11) is -3.46. The smallest absolute Gasteiger partial charge is 0.275 e. The summed E-state index contributed by atoms with van der Waals surface area (Å²) < 4.78 is 29.3. The van der Waals surface area contributed by atoms with Crippen molar-refractivity contribution in [2.45, 2.75) is 18.7 Å². The molecule has 0 aliphatic rings. The third-order valence-electron chi connectivity index (χ3n) is 3.70. The minimum atomic E-state index is -3.46. The Bertz CT molecular complexity index is 1050. The first kappa shape index (κ1) is 18.2. The molecule has 0 aliphatic heterocycles. The van der Waals surface area contributed by atoms with Crippen LogP contribution in [0.3, 0.4) is 0 Å². The number of aromatic nitrogens is 1. The number of carbonyl (C=O) groups is 1. The van der Waals surface area contributed by atoms with Gasteiger partial charge in [0.15, 0.2) is 20.6 Å². The molecule has 7 nitrogen and oxygen atoms in total. The lowest BCUT2D eigenvalue weighted by molar-refractivity contribution is 0.102. The maximum Gasteiger partial charge on any atom is 0.275 e. The van der Waals surface area contributed by atoms with Crippen LogP contribution in [0.4, 0.5) is 5.69 Å². The van der Waals surface area contributed by atoms with Crippen LogP contribution in [-0.2, 0) is 9.84 Å². The minimum Gasteiger partial charge on any atom is -0.506 e. The van der Waals surface area contributed by atoms with Gasteiger partial charge >= 0.3 is 0 Å². The Morgan fingerprint density at radius 3 is 2.77 bits per heavy atom. The minimum absolute atomic E-state index is 0.0106. The highest BCUT2D eigenvalue weighted by atomic mass is 32.2. The molecule has 0 saturated heterocycles. The molecule has 2 aromatic heterocycles. The van der Waals surface area contributed by atoms with Crippen molar-refractivity contribution >= 4 is 32.8 Å². The van der Waals surface area contributed by atoms with E-state index in [1.807, 2.05) is 0 Å². The number of hydrogen-bond donors (Lipinski definition) is 2. The van der Waals surface area contributed by atoms with Crippen molar-refractivity contribution in [2.75, 3.05) is 11.1 Å². The second kappa shape index (κ2) is 6.93. The first-order valence-corrected chi connectivity index (χ1v) is 10.2. The Hall–Kier alpha value is -2.65. The number of hydrogen-bond acceptors (Lipinski definition) is 7. The topological polar surface area (TPSA) is 110 Å². The number of phenols is 1. The summed E-state index contributed by atoms with van der Waals surface area (Å²) >= 11 is 1.30. The molecular weight excluding hydrogens is 376 g/mol. The van der Waals surface area contributed by atoms with Gasteiger partial charge < -0.3 is 14.8 Å². The number of sulfone groups is 1. The van der Waals surface area contributed by atoms with Crippen LogP contribution in [0.1, 0.15) is 22.3 Å². The summed E-state index contributed by atoms with van der Waals surface area (Å²) in [4.78, 5) is 17.5. The molecular formula is C17H16N2O5S2. The second-order valence-electron chi connectivity index (χ2n) is 5.44. The Kier molecular flexibility index (Phi) is 4.84. The van der Waals surface area contributed by atoms with Gasteiger partial charge in [-0.25, -0.2) is 13.4 Å². The fourth-order valence-corrected chi connectivity index (χ4v) is 4.05. The van der Waals surface area contributed by atoms with Crippen molar-refractivity contribution in [1.29, 1.82) is 0 Å². The SMILES string of the molecule is CCS(=O)(=O)c1ccc(O)c(NC(=O)c2nc(-c3ccco3)sc2C)c1. The molecule has 0 radical (unpaired) electrons. The van der Waals surface area contributed by atoms with E-state index in [9.17, 15) is 18.3 Å². The molecule has 0 saturated carbocycles. The lowest BCUT2D eigenvalue weighted by Gasteiger charge is -2.09. The first-order valence-electron chi connectivity index (χ1n) is 7.70. The van der Waals surface area contributed by atoms with E-state index in [1.54, 1.807) is 19.1 Å². The van der Waals surface area contributed by atoms with Crippen LogP contribution in [0.5, 0.6) is 5.75 Å². The van der Waals surface area contributed by atoms with E-state index >= 15 is 0 Å². The fourth-order valence-electron chi connectivity index (χ4n) is 2.27. The van der Waals surface area contributed by atoms with Crippen LogP contribution >= 0.6 is 11.3 Å². The van der Waals surface area contributed by atoms with Crippen LogP contribution in [0, 0.1) is 6.92 Å². The number of furan rings is 1. The highest BCUT2D eigenvalue weighted by Crippen LogP contribution is 2.30. The Morgan fingerprint density at radius 1 is 1.35 bits per heavy atom. The average Bonchev–Trinajstić information content (AvgIpc) is 3.26. The fraction of sp³-hybridized carbons (Fsp3) is 0.176. The quantitative estimate of drug-likeness (QED) is 0.644. The summed E-state index contributed by atoms with van der Waals surface area (Å²) in [6.45, 7) is 3.27. The van der Waals surface area contributed by atoms with Gasteiger partial charge in [0.25, 0.3) is 5.91 Å². The zero-order valence-corrected chi connectivity index (χ0v) is 15.6. The number of amides is 1. The molecule has 0 fully saturated rings. The highest BCUT2D eigenvalue weighted by Gasteiger charge is 2.20. The Labute approximate surface area is 154 Å². The Morgan fingerprint density at radius 2 is 2.12 bits per heavy atom. The number of thiazole rings is 1. The summed E-state index contributed by atoms with van der Waals surface area (Å²) in [5.41, 5.74) is 0.195. The van der Waals surface area contributed by atoms with Crippen molar-refractivity contribution in [3.63, 3.8) is 0 Å². The largest absolute Gasteiger partial charge is 0.506 e. The molecule has 0 bridgehead atoms. The highest BCUT2D eigenvalue weighted by molar-refractivity contribution is 7.91. The van der Waals surface area contributed by atoms with Gasteiger partial charge in [0.2, 0.25) is 0 Å². The average molecular weight is 392 g/mol. The van der Waals surface area contributed by atoms with E-state index in [0.29, 0.717) is 15.6 Å². The molecule has 1 amide bonds. The van der Waals surface area contributed by atoms with Gasteiger partial charge in [0.05, 0.1) is 22.6 Å². The number of aryl methyl sites for hydroxylation is 1. The lowest BCUT2D eigenvalue weighted by atomic mass is 10.2. The van der Waals surface area contributed by atoms with Crippen LogP contribution < -0.4 is 5.32 Å². The molecule has 0 spiro atoms. The van der Waals surface area contributed by atoms with E-state index in [0.717, 1.165) is 0 Å². The van der Waals surface area contributed by atoms with Crippen LogP contribution in [-0.4, -0.2) is 30.2 Å². The van der Waals surface area contributed by atoms with Gasteiger partial charge in [-0.15, -0.1) is 11.3 Å². The molecule has 9 heteroatoms. The van der Waals surface area contributed by atoms with Crippen molar-refractivity contribution < 1.29 is 22.7 Å². The predicted molar refractivity (Wildman–Crippen MR) is 98.3 cm³/mol. The molecule has 136 valence electrons. The predicted octanol–water partition coefficient (Wildman–Crippen LogP) is 3.46. The summed E-state index contributed by atoms with van der Waals surface area (Å²) in [5, 5.41) is 13.0. The summed E-state index contributed by atoms with van der Waals surface area (Å²) in [6.07, 6.45) is 1.52. The van der Waals surface area contributed by atoms with Crippen molar-refractivity contribution in [3.8, 4) is 16.5 Å². The maximum atomic E-state index is 12.5. The number of nitrogens with zero attached hydrogens (tertiary/aromatic N) is 1. The van der Waals surface area contributed by atoms with E-state index < -0.39 is 15.7 Å². The van der Waals surface area contributed by atoms with Gasteiger partial charge in [0, 0.05) is 4.88 Å². The maximum absolute atomic E-state index is 12.5. The Balaban J connectivity index is 1.90. The van der Waals surface area contributed by atoms with Gasteiger partial charge in [0.1, 0.15) is 11.4 Å². The molecule has 0 aliphatic carbocycles. The van der Waals surface area contributed by atoms with E-state index in [1.165, 1.54) is 42.7 Å².